The summed E-state index contributed by atoms with van der Waals surface area (Å²) >= 11 is 3.33. The van der Waals surface area contributed by atoms with E-state index in [0.717, 1.165) is 21.2 Å². The van der Waals surface area contributed by atoms with E-state index in [9.17, 15) is 0 Å². The number of nitrogens with two attached hydrogens (primary N) is 1. The van der Waals surface area contributed by atoms with Gasteiger partial charge in [-0.25, -0.2) is 9.55 Å². The first-order valence-corrected chi connectivity index (χ1v) is 6.24. The number of anilines is 1. The molecule has 3 aromatic rings. The van der Waals surface area contributed by atoms with Gasteiger partial charge >= 0.3 is 5.13 Å². The highest BCUT2D eigenvalue weighted by molar-refractivity contribution is 7.24. The lowest BCUT2D eigenvalue weighted by Gasteiger charge is -1.89. The summed E-state index contributed by atoms with van der Waals surface area (Å²) in [6, 6.07) is 4.23. The Bertz CT molecular complexity index is 671. The highest BCUT2D eigenvalue weighted by atomic mass is 127. The first kappa shape index (κ1) is 12.0. The number of nitrogens with zero attached hydrogens (tertiary/aromatic N) is 2. The summed E-state index contributed by atoms with van der Waals surface area (Å²) in [5.41, 5.74) is 8.16. The number of hydrogen-bond acceptors (Lipinski definition) is 4. The van der Waals surface area contributed by atoms with Crippen LogP contribution < -0.4 is 34.3 Å². The summed E-state index contributed by atoms with van der Waals surface area (Å²) in [6.07, 6.45) is 0. The smallest absolute Gasteiger partial charge is 0.332 e. The van der Waals surface area contributed by atoms with E-state index >= 15 is 0 Å². The zero-order chi connectivity index (χ0) is 10.6. The predicted octanol–water partition coefficient (Wildman–Crippen LogP) is -0.770. The first-order chi connectivity index (χ1) is 7.16. The van der Waals surface area contributed by atoms with E-state index in [-0.39, 0.29) is 24.0 Å². The van der Waals surface area contributed by atoms with Crippen molar-refractivity contribution in [1.82, 2.24) is 4.98 Å². The molecule has 0 radical (unpaired) electrons. The van der Waals surface area contributed by atoms with E-state index in [4.69, 9.17) is 5.73 Å². The van der Waals surface area contributed by atoms with Crippen molar-refractivity contribution in [2.24, 2.45) is 7.05 Å². The van der Waals surface area contributed by atoms with E-state index in [1.54, 1.807) is 22.7 Å². The van der Waals surface area contributed by atoms with E-state index in [1.807, 2.05) is 18.5 Å². The molecule has 0 aliphatic carbocycles. The van der Waals surface area contributed by atoms with Crippen LogP contribution in [-0.4, -0.2) is 4.98 Å². The van der Waals surface area contributed by atoms with Gasteiger partial charge in [-0.05, 0) is 30.4 Å². The lowest BCUT2D eigenvalue weighted by atomic mass is 10.3. The highest BCUT2D eigenvalue weighted by Crippen LogP contribution is 2.32. The quantitative estimate of drug-likeness (QED) is 0.421. The fourth-order valence-electron chi connectivity index (χ4n) is 1.73. The van der Waals surface area contributed by atoms with Crippen LogP contribution in [0.4, 0.5) is 5.13 Å². The molecule has 0 bridgehead atoms. The molecule has 1 aromatic carbocycles. The second-order valence-corrected chi connectivity index (χ2v) is 5.76. The molecular formula is C10H10IN3S2. The van der Waals surface area contributed by atoms with E-state index < -0.39 is 0 Å². The zero-order valence-electron chi connectivity index (χ0n) is 8.82. The Kier molecular flexibility index (Phi) is 3.06. The van der Waals surface area contributed by atoms with Crippen LogP contribution in [0.15, 0.2) is 12.1 Å². The van der Waals surface area contributed by atoms with Crippen molar-refractivity contribution in [3.8, 4) is 0 Å². The van der Waals surface area contributed by atoms with Gasteiger partial charge in [-0.1, -0.05) is 0 Å². The van der Waals surface area contributed by atoms with E-state index in [2.05, 4.69) is 17.1 Å². The van der Waals surface area contributed by atoms with E-state index in [1.165, 1.54) is 9.40 Å². The minimum atomic E-state index is 0. The number of fused-ring (bicyclic) bond motifs is 3. The normalized spacial score (nSPS) is 10.9. The molecule has 16 heavy (non-hydrogen) atoms. The molecule has 0 saturated heterocycles. The number of rotatable bonds is 0. The Morgan fingerprint density at radius 1 is 1.31 bits per heavy atom. The number of aryl methyl sites for hydroxylation is 2. The summed E-state index contributed by atoms with van der Waals surface area (Å²) in [5, 5.41) is 1.93. The monoisotopic (exact) mass is 363 g/mol. The number of aromatic nitrogens is 2. The van der Waals surface area contributed by atoms with Crippen molar-refractivity contribution in [1.29, 1.82) is 0 Å². The topological polar surface area (TPSA) is 42.8 Å². The van der Waals surface area contributed by atoms with Gasteiger partial charge in [0.25, 0.3) is 0 Å². The Hall–Kier alpha value is -0.470. The van der Waals surface area contributed by atoms with Crippen LogP contribution in [0.1, 0.15) is 5.01 Å². The van der Waals surface area contributed by atoms with Crippen molar-refractivity contribution in [2.45, 2.75) is 6.92 Å². The molecule has 2 aromatic heterocycles. The molecule has 0 unspecified atom stereocenters. The molecule has 0 spiro atoms. The van der Waals surface area contributed by atoms with Gasteiger partial charge in [-0.2, -0.15) is 0 Å². The van der Waals surface area contributed by atoms with Crippen molar-refractivity contribution >= 4 is 48.2 Å². The maximum absolute atomic E-state index is 5.91. The van der Waals surface area contributed by atoms with Crippen molar-refractivity contribution in [3.05, 3.63) is 17.1 Å². The maximum atomic E-state index is 5.91. The lowest BCUT2D eigenvalue weighted by molar-refractivity contribution is -0.626. The number of benzene rings is 1. The zero-order valence-corrected chi connectivity index (χ0v) is 12.6. The Balaban J connectivity index is 0.000000963. The predicted molar refractivity (Wildman–Crippen MR) is 65.3 cm³/mol. The highest BCUT2D eigenvalue weighted by Gasteiger charge is 2.15. The minimum absolute atomic E-state index is 0. The fourth-order valence-corrected chi connectivity index (χ4v) is 3.63. The third-order valence-electron chi connectivity index (χ3n) is 2.50. The van der Waals surface area contributed by atoms with Gasteiger partial charge in [0, 0.05) is 0 Å². The van der Waals surface area contributed by atoms with Gasteiger partial charge in [-0.15, -0.1) is 11.3 Å². The SMILES string of the molecule is Cc1nc2c(ccc3c2sc(N)[n+]3C)s1.[I-]. The summed E-state index contributed by atoms with van der Waals surface area (Å²) in [6.45, 7) is 2.04. The molecule has 84 valence electrons. The van der Waals surface area contributed by atoms with Crippen LogP contribution in [0.5, 0.6) is 0 Å². The standard InChI is InChI=1S/C10H9N3S2.HI/c1-5-12-8-7(14-5)4-3-6-9(8)15-10(11)13(6)2;/h3-4,11H,1-2H3;1H. The second kappa shape index (κ2) is 4.08. The molecule has 0 atom stereocenters. The maximum Gasteiger partial charge on any atom is 0.332 e. The second-order valence-electron chi connectivity index (χ2n) is 3.49. The molecule has 0 saturated carbocycles. The van der Waals surface area contributed by atoms with Gasteiger partial charge < -0.3 is 24.0 Å². The molecule has 3 rings (SSSR count). The van der Waals surface area contributed by atoms with Gasteiger partial charge in [0.15, 0.2) is 0 Å². The molecule has 3 nitrogen and oxygen atoms in total. The fraction of sp³-hybridized carbons (Fsp3) is 0.200. The minimum Gasteiger partial charge on any atom is -1.00 e. The Labute approximate surface area is 118 Å². The summed E-state index contributed by atoms with van der Waals surface area (Å²) in [5.74, 6) is 0. The Morgan fingerprint density at radius 3 is 2.81 bits per heavy atom. The van der Waals surface area contributed by atoms with Gasteiger partial charge in [0.2, 0.25) is 0 Å². The average Bonchev–Trinajstić information content (AvgIpc) is 2.69. The molecule has 0 aliphatic heterocycles. The van der Waals surface area contributed by atoms with Crippen LogP contribution >= 0.6 is 22.7 Å². The summed E-state index contributed by atoms with van der Waals surface area (Å²) in [7, 11) is 1.99. The van der Waals surface area contributed by atoms with Crippen molar-refractivity contribution < 1.29 is 28.5 Å². The third-order valence-corrected chi connectivity index (χ3v) is 4.52. The van der Waals surface area contributed by atoms with Crippen LogP contribution in [0.2, 0.25) is 0 Å². The van der Waals surface area contributed by atoms with Crippen LogP contribution in [0.25, 0.3) is 20.4 Å². The van der Waals surface area contributed by atoms with Gasteiger partial charge in [-0.3, -0.25) is 5.73 Å². The molecule has 2 heterocycles. The van der Waals surface area contributed by atoms with Crippen molar-refractivity contribution in [3.63, 3.8) is 0 Å². The molecule has 0 amide bonds. The summed E-state index contributed by atoms with van der Waals surface area (Å²) in [4.78, 5) is 4.56. The average molecular weight is 363 g/mol. The first-order valence-electron chi connectivity index (χ1n) is 4.61. The largest absolute Gasteiger partial charge is 1.00 e. The van der Waals surface area contributed by atoms with Crippen LogP contribution in [0, 0.1) is 6.92 Å². The summed E-state index contributed by atoms with van der Waals surface area (Å²) < 4.78 is 4.44. The number of nitrogen functional groups attached to an aromatic ring is 1. The Morgan fingerprint density at radius 2 is 2.06 bits per heavy atom. The lowest BCUT2D eigenvalue weighted by Crippen LogP contribution is -3.00. The van der Waals surface area contributed by atoms with Crippen LogP contribution in [-0.2, 0) is 7.05 Å². The number of hydrogen-bond donors (Lipinski definition) is 1. The van der Waals surface area contributed by atoms with Gasteiger partial charge in [0.05, 0.1) is 16.8 Å². The number of halogens is 1. The molecule has 0 aliphatic rings. The van der Waals surface area contributed by atoms with E-state index in [0.29, 0.717) is 0 Å². The van der Waals surface area contributed by atoms with Crippen molar-refractivity contribution in [2.75, 3.05) is 5.73 Å². The molecule has 6 heteroatoms. The van der Waals surface area contributed by atoms with Gasteiger partial charge in [0.1, 0.15) is 15.7 Å². The number of thiazole rings is 2. The third kappa shape index (κ3) is 1.59. The molecule has 0 fully saturated rings. The molecule has 2 N–H and O–H groups in total. The van der Waals surface area contributed by atoms with Crippen LogP contribution in [0.3, 0.4) is 0 Å². The molecular weight excluding hydrogens is 353 g/mol.